The van der Waals surface area contributed by atoms with Crippen LogP contribution >= 0.6 is 0 Å². The highest BCUT2D eigenvalue weighted by Gasteiger charge is 2.15. The minimum Gasteiger partial charge on any atom is -0.364 e. The summed E-state index contributed by atoms with van der Waals surface area (Å²) < 4.78 is 0. The van der Waals surface area contributed by atoms with Gasteiger partial charge in [0, 0.05) is 13.6 Å². The van der Waals surface area contributed by atoms with Crippen LogP contribution in [0.15, 0.2) is 6.20 Å². The zero-order valence-electron chi connectivity index (χ0n) is 7.94. The van der Waals surface area contributed by atoms with Crippen LogP contribution in [0.4, 0.5) is 17.5 Å². The first-order valence-corrected chi connectivity index (χ1v) is 4.12. The second kappa shape index (κ2) is 4.35. The Bertz CT molecular complexity index is 341. The Morgan fingerprint density at radius 2 is 2.36 bits per heavy atom. The standard InChI is InChI=1S/C7H11N5O2/c1-3-9-6-5(12(13)14)4-10-7(8-2)11-6/h4H,3H2,1-2H3,(H2,8,9,10,11). The third-order valence-electron chi connectivity index (χ3n) is 1.53. The summed E-state index contributed by atoms with van der Waals surface area (Å²) in [6, 6.07) is 0. The molecule has 1 rings (SSSR count). The van der Waals surface area contributed by atoms with Gasteiger partial charge in [0.15, 0.2) is 0 Å². The summed E-state index contributed by atoms with van der Waals surface area (Å²) >= 11 is 0. The fourth-order valence-corrected chi connectivity index (χ4v) is 0.927. The average Bonchev–Trinajstić information content (AvgIpc) is 2.17. The first-order valence-electron chi connectivity index (χ1n) is 4.12. The molecule has 7 heteroatoms. The Hall–Kier alpha value is -1.92. The van der Waals surface area contributed by atoms with Crippen molar-refractivity contribution in [2.45, 2.75) is 6.92 Å². The molecule has 7 nitrogen and oxygen atoms in total. The maximum Gasteiger partial charge on any atom is 0.329 e. The molecule has 0 aliphatic heterocycles. The van der Waals surface area contributed by atoms with Crippen LogP contribution in [0.2, 0.25) is 0 Å². The Morgan fingerprint density at radius 1 is 1.64 bits per heavy atom. The Labute approximate surface area is 80.7 Å². The number of anilines is 2. The molecule has 0 unspecified atom stereocenters. The normalized spacial score (nSPS) is 9.57. The molecule has 0 amide bonds. The van der Waals surface area contributed by atoms with Crippen LogP contribution in [-0.4, -0.2) is 28.5 Å². The smallest absolute Gasteiger partial charge is 0.329 e. The van der Waals surface area contributed by atoms with E-state index in [0.29, 0.717) is 12.5 Å². The topological polar surface area (TPSA) is 93.0 Å². The molecule has 0 atom stereocenters. The molecule has 0 saturated carbocycles. The van der Waals surface area contributed by atoms with Gasteiger partial charge < -0.3 is 10.6 Å². The van der Waals surface area contributed by atoms with Crippen LogP contribution in [0.5, 0.6) is 0 Å². The molecule has 0 aliphatic carbocycles. The molecule has 1 aromatic rings. The van der Waals surface area contributed by atoms with E-state index in [0.717, 1.165) is 0 Å². The fraction of sp³-hybridized carbons (Fsp3) is 0.429. The molecule has 0 bridgehead atoms. The Kier molecular flexibility index (Phi) is 3.16. The third kappa shape index (κ3) is 2.06. The fourth-order valence-electron chi connectivity index (χ4n) is 0.927. The lowest BCUT2D eigenvalue weighted by Gasteiger charge is -2.04. The van der Waals surface area contributed by atoms with Gasteiger partial charge in [-0.05, 0) is 6.92 Å². The summed E-state index contributed by atoms with van der Waals surface area (Å²) in [5.74, 6) is 0.586. The Morgan fingerprint density at radius 3 is 2.86 bits per heavy atom. The van der Waals surface area contributed by atoms with E-state index in [-0.39, 0.29) is 11.5 Å². The van der Waals surface area contributed by atoms with Gasteiger partial charge in [0.1, 0.15) is 6.20 Å². The van der Waals surface area contributed by atoms with Gasteiger partial charge in [-0.15, -0.1) is 0 Å². The van der Waals surface area contributed by atoms with Gasteiger partial charge in [0.05, 0.1) is 4.92 Å². The summed E-state index contributed by atoms with van der Waals surface area (Å²) in [5, 5.41) is 16.1. The lowest BCUT2D eigenvalue weighted by Crippen LogP contribution is -2.06. The number of nitrogens with zero attached hydrogens (tertiary/aromatic N) is 3. The van der Waals surface area contributed by atoms with Crippen LogP contribution in [0.3, 0.4) is 0 Å². The first-order chi connectivity index (χ1) is 6.69. The van der Waals surface area contributed by atoms with Crippen molar-refractivity contribution in [3.63, 3.8) is 0 Å². The van der Waals surface area contributed by atoms with Crippen LogP contribution in [0.25, 0.3) is 0 Å². The van der Waals surface area contributed by atoms with Gasteiger partial charge in [-0.3, -0.25) is 10.1 Å². The summed E-state index contributed by atoms with van der Waals surface area (Å²) in [6.07, 6.45) is 1.18. The summed E-state index contributed by atoms with van der Waals surface area (Å²) in [6.45, 7) is 2.41. The van der Waals surface area contributed by atoms with Gasteiger partial charge in [-0.25, -0.2) is 4.98 Å². The predicted octanol–water partition coefficient (Wildman–Crippen LogP) is 0.858. The molecule has 1 heterocycles. The van der Waals surface area contributed by atoms with Gasteiger partial charge in [0.25, 0.3) is 0 Å². The van der Waals surface area contributed by atoms with Crippen molar-refractivity contribution < 1.29 is 4.92 Å². The van der Waals surface area contributed by atoms with E-state index in [9.17, 15) is 10.1 Å². The molecule has 0 spiro atoms. The summed E-state index contributed by atoms with van der Waals surface area (Å²) in [5.41, 5.74) is -0.120. The van der Waals surface area contributed by atoms with Crippen LogP contribution in [0, 0.1) is 10.1 Å². The van der Waals surface area contributed by atoms with Gasteiger partial charge in [0.2, 0.25) is 11.8 Å². The maximum atomic E-state index is 10.6. The number of hydrogen-bond acceptors (Lipinski definition) is 6. The highest BCUT2D eigenvalue weighted by molar-refractivity contribution is 5.56. The number of nitro groups is 1. The molecule has 0 radical (unpaired) electrons. The molecular weight excluding hydrogens is 186 g/mol. The molecule has 14 heavy (non-hydrogen) atoms. The zero-order chi connectivity index (χ0) is 10.6. The Balaban J connectivity index is 3.10. The predicted molar refractivity (Wildman–Crippen MR) is 52.4 cm³/mol. The SMILES string of the molecule is CCNc1nc(NC)ncc1[N+](=O)[O-]. The van der Waals surface area contributed by atoms with Crippen LogP contribution in [-0.2, 0) is 0 Å². The molecule has 0 fully saturated rings. The van der Waals surface area contributed by atoms with Crippen molar-refractivity contribution in [1.29, 1.82) is 0 Å². The van der Waals surface area contributed by atoms with Crippen molar-refractivity contribution in [1.82, 2.24) is 9.97 Å². The van der Waals surface area contributed by atoms with E-state index in [1.807, 2.05) is 6.92 Å². The molecule has 2 N–H and O–H groups in total. The van der Waals surface area contributed by atoms with Crippen molar-refractivity contribution in [3.05, 3.63) is 16.3 Å². The van der Waals surface area contributed by atoms with Gasteiger partial charge in [-0.2, -0.15) is 4.98 Å². The van der Waals surface area contributed by atoms with E-state index in [4.69, 9.17) is 0 Å². The largest absolute Gasteiger partial charge is 0.364 e. The van der Waals surface area contributed by atoms with Crippen molar-refractivity contribution in [2.24, 2.45) is 0 Å². The lowest BCUT2D eigenvalue weighted by molar-refractivity contribution is -0.384. The average molecular weight is 197 g/mol. The maximum absolute atomic E-state index is 10.6. The molecule has 0 saturated heterocycles. The lowest BCUT2D eigenvalue weighted by atomic mass is 10.4. The molecular formula is C7H11N5O2. The minimum atomic E-state index is -0.516. The minimum absolute atomic E-state index is 0.120. The molecule has 0 aliphatic rings. The number of rotatable bonds is 4. The van der Waals surface area contributed by atoms with Gasteiger partial charge in [-0.1, -0.05) is 0 Å². The van der Waals surface area contributed by atoms with E-state index in [1.165, 1.54) is 6.20 Å². The van der Waals surface area contributed by atoms with Crippen molar-refractivity contribution >= 4 is 17.5 Å². The summed E-state index contributed by atoms with van der Waals surface area (Å²) in [7, 11) is 1.65. The molecule has 1 aromatic heterocycles. The van der Waals surface area contributed by atoms with E-state index >= 15 is 0 Å². The second-order valence-electron chi connectivity index (χ2n) is 2.46. The highest BCUT2D eigenvalue weighted by atomic mass is 16.6. The quantitative estimate of drug-likeness (QED) is 0.549. The number of hydrogen-bond donors (Lipinski definition) is 2. The van der Waals surface area contributed by atoms with E-state index in [2.05, 4.69) is 20.6 Å². The monoisotopic (exact) mass is 197 g/mol. The first kappa shape index (κ1) is 10.2. The van der Waals surface area contributed by atoms with Crippen LogP contribution < -0.4 is 10.6 Å². The van der Waals surface area contributed by atoms with Crippen molar-refractivity contribution in [3.8, 4) is 0 Å². The molecule has 0 aromatic carbocycles. The van der Waals surface area contributed by atoms with Crippen LogP contribution in [0.1, 0.15) is 6.92 Å². The third-order valence-corrected chi connectivity index (χ3v) is 1.53. The number of aromatic nitrogens is 2. The van der Waals surface area contributed by atoms with E-state index < -0.39 is 4.92 Å². The zero-order valence-corrected chi connectivity index (χ0v) is 7.94. The van der Waals surface area contributed by atoms with Crippen molar-refractivity contribution in [2.75, 3.05) is 24.2 Å². The molecule has 76 valence electrons. The van der Waals surface area contributed by atoms with Gasteiger partial charge >= 0.3 is 5.69 Å². The highest BCUT2D eigenvalue weighted by Crippen LogP contribution is 2.21. The number of nitrogens with one attached hydrogen (secondary N) is 2. The summed E-state index contributed by atoms with van der Waals surface area (Å²) in [4.78, 5) is 17.7. The second-order valence-corrected chi connectivity index (χ2v) is 2.46. The van der Waals surface area contributed by atoms with E-state index in [1.54, 1.807) is 7.05 Å².